The maximum Gasteiger partial charge on any atom is 0.319 e. The zero-order chi connectivity index (χ0) is 12.3. The number of urea groups is 1. The van der Waals surface area contributed by atoms with Gasteiger partial charge < -0.3 is 15.1 Å². The molecule has 17 heavy (non-hydrogen) atoms. The Balaban J connectivity index is 1.98. The monoisotopic (exact) mass is 239 g/mol. The van der Waals surface area contributed by atoms with Gasteiger partial charge in [0, 0.05) is 38.6 Å². The average molecular weight is 239 g/mol. The molecular formula is C13H25N3O. The molecule has 0 bridgehead atoms. The largest absolute Gasteiger partial charge is 0.328 e. The van der Waals surface area contributed by atoms with Crippen LogP contribution in [0.2, 0.25) is 0 Å². The van der Waals surface area contributed by atoms with E-state index in [0.717, 1.165) is 39.1 Å². The maximum atomic E-state index is 12.2. The minimum Gasteiger partial charge on any atom is -0.328 e. The summed E-state index contributed by atoms with van der Waals surface area (Å²) in [7, 11) is 1.89. The highest BCUT2D eigenvalue weighted by Crippen LogP contribution is 2.36. The Morgan fingerprint density at radius 2 is 2.18 bits per heavy atom. The number of amides is 2. The summed E-state index contributed by atoms with van der Waals surface area (Å²) in [5, 5.41) is 3.50. The third kappa shape index (κ3) is 2.73. The molecule has 98 valence electrons. The summed E-state index contributed by atoms with van der Waals surface area (Å²) in [4.78, 5) is 16.1. The molecule has 1 spiro atoms. The SMILES string of the molecule is CCN(C)C(=O)N1CCCC2(CCCNC2)C1. The number of nitrogens with zero attached hydrogens (tertiary/aromatic N) is 2. The number of carbonyl (C=O) groups is 1. The van der Waals surface area contributed by atoms with E-state index in [1.807, 2.05) is 18.9 Å². The van der Waals surface area contributed by atoms with Gasteiger partial charge in [0.15, 0.2) is 0 Å². The quantitative estimate of drug-likeness (QED) is 0.753. The minimum atomic E-state index is 0.206. The van der Waals surface area contributed by atoms with Gasteiger partial charge in [0.2, 0.25) is 0 Å². The van der Waals surface area contributed by atoms with E-state index < -0.39 is 0 Å². The van der Waals surface area contributed by atoms with Crippen molar-refractivity contribution >= 4 is 6.03 Å². The molecule has 0 aromatic heterocycles. The first-order valence-corrected chi connectivity index (χ1v) is 6.88. The molecular weight excluding hydrogens is 214 g/mol. The van der Waals surface area contributed by atoms with Crippen molar-refractivity contribution in [3.63, 3.8) is 0 Å². The summed E-state index contributed by atoms with van der Waals surface area (Å²) in [6.07, 6.45) is 4.97. The summed E-state index contributed by atoms with van der Waals surface area (Å²) in [5.74, 6) is 0. The van der Waals surface area contributed by atoms with Crippen molar-refractivity contribution in [2.24, 2.45) is 5.41 Å². The summed E-state index contributed by atoms with van der Waals surface area (Å²) in [5.41, 5.74) is 0.362. The van der Waals surface area contributed by atoms with Gasteiger partial charge in [-0.1, -0.05) is 0 Å². The number of carbonyl (C=O) groups excluding carboxylic acids is 1. The van der Waals surface area contributed by atoms with E-state index in [1.165, 1.54) is 19.3 Å². The zero-order valence-corrected chi connectivity index (χ0v) is 11.2. The van der Waals surface area contributed by atoms with Crippen LogP contribution in [-0.4, -0.2) is 55.6 Å². The Morgan fingerprint density at radius 1 is 1.41 bits per heavy atom. The lowest BCUT2D eigenvalue weighted by Gasteiger charge is -2.46. The van der Waals surface area contributed by atoms with Crippen LogP contribution in [-0.2, 0) is 0 Å². The van der Waals surface area contributed by atoms with Crippen LogP contribution in [0.25, 0.3) is 0 Å². The lowest BCUT2D eigenvalue weighted by molar-refractivity contribution is 0.0701. The van der Waals surface area contributed by atoms with E-state index in [2.05, 4.69) is 10.2 Å². The van der Waals surface area contributed by atoms with Crippen molar-refractivity contribution in [1.29, 1.82) is 0 Å². The molecule has 1 atom stereocenters. The summed E-state index contributed by atoms with van der Waals surface area (Å²) in [6, 6.07) is 0.206. The van der Waals surface area contributed by atoms with Gasteiger partial charge in [0.1, 0.15) is 0 Å². The number of hydrogen-bond acceptors (Lipinski definition) is 2. The van der Waals surface area contributed by atoms with Crippen molar-refractivity contribution in [2.45, 2.75) is 32.6 Å². The van der Waals surface area contributed by atoms with E-state index in [9.17, 15) is 4.79 Å². The van der Waals surface area contributed by atoms with Crippen LogP contribution in [0.3, 0.4) is 0 Å². The minimum absolute atomic E-state index is 0.206. The highest BCUT2D eigenvalue weighted by molar-refractivity contribution is 5.74. The van der Waals surface area contributed by atoms with Crippen LogP contribution in [0.1, 0.15) is 32.6 Å². The molecule has 2 aliphatic rings. The number of likely N-dealkylation sites (tertiary alicyclic amines) is 1. The van der Waals surface area contributed by atoms with Crippen molar-refractivity contribution < 1.29 is 4.79 Å². The molecule has 0 aromatic carbocycles. The van der Waals surface area contributed by atoms with Gasteiger partial charge in [-0.2, -0.15) is 0 Å². The smallest absolute Gasteiger partial charge is 0.319 e. The molecule has 2 saturated heterocycles. The molecule has 2 amide bonds. The molecule has 2 aliphatic heterocycles. The maximum absolute atomic E-state index is 12.2. The molecule has 0 aliphatic carbocycles. The molecule has 2 heterocycles. The molecule has 1 unspecified atom stereocenters. The van der Waals surface area contributed by atoms with Crippen molar-refractivity contribution in [3.05, 3.63) is 0 Å². The Labute approximate surface area is 104 Å². The van der Waals surface area contributed by atoms with Gasteiger partial charge in [0.05, 0.1) is 0 Å². The summed E-state index contributed by atoms with van der Waals surface area (Å²) in [6.45, 7) is 6.94. The van der Waals surface area contributed by atoms with Gasteiger partial charge >= 0.3 is 6.03 Å². The molecule has 4 nitrogen and oxygen atoms in total. The number of nitrogens with one attached hydrogen (secondary N) is 1. The predicted molar refractivity (Wildman–Crippen MR) is 69.0 cm³/mol. The van der Waals surface area contributed by atoms with E-state index in [0.29, 0.717) is 5.41 Å². The number of rotatable bonds is 1. The number of piperidine rings is 2. The first-order chi connectivity index (χ1) is 8.17. The molecule has 2 rings (SSSR count). The van der Waals surface area contributed by atoms with Gasteiger partial charge in [-0.25, -0.2) is 4.79 Å². The molecule has 4 heteroatoms. The van der Waals surface area contributed by atoms with Gasteiger partial charge in [-0.05, 0) is 39.2 Å². The predicted octanol–water partition coefficient (Wildman–Crippen LogP) is 1.52. The molecule has 2 fully saturated rings. The van der Waals surface area contributed by atoms with E-state index in [1.54, 1.807) is 0 Å². The number of hydrogen-bond donors (Lipinski definition) is 1. The molecule has 1 N–H and O–H groups in total. The van der Waals surface area contributed by atoms with Crippen LogP contribution in [0.15, 0.2) is 0 Å². The third-order valence-electron chi connectivity index (χ3n) is 4.29. The van der Waals surface area contributed by atoms with E-state index in [-0.39, 0.29) is 6.03 Å². The molecule has 0 saturated carbocycles. The van der Waals surface area contributed by atoms with Crippen LogP contribution < -0.4 is 5.32 Å². The fourth-order valence-corrected chi connectivity index (χ4v) is 3.13. The van der Waals surface area contributed by atoms with Gasteiger partial charge in [-0.15, -0.1) is 0 Å². The zero-order valence-electron chi connectivity index (χ0n) is 11.2. The van der Waals surface area contributed by atoms with Crippen molar-refractivity contribution in [1.82, 2.24) is 15.1 Å². The normalized spacial score (nSPS) is 29.4. The average Bonchev–Trinajstić information content (AvgIpc) is 2.38. The second-order valence-corrected chi connectivity index (χ2v) is 5.60. The van der Waals surface area contributed by atoms with Crippen LogP contribution in [0, 0.1) is 5.41 Å². The second-order valence-electron chi connectivity index (χ2n) is 5.60. The van der Waals surface area contributed by atoms with Crippen LogP contribution >= 0.6 is 0 Å². The first-order valence-electron chi connectivity index (χ1n) is 6.88. The standard InChI is InChI=1S/C13H25N3O/c1-3-15(2)12(17)16-9-5-7-13(11-16)6-4-8-14-10-13/h14H,3-11H2,1-2H3. The van der Waals surface area contributed by atoms with E-state index in [4.69, 9.17) is 0 Å². The van der Waals surface area contributed by atoms with Crippen LogP contribution in [0.4, 0.5) is 4.79 Å². The fraction of sp³-hybridized carbons (Fsp3) is 0.923. The van der Waals surface area contributed by atoms with Crippen molar-refractivity contribution in [2.75, 3.05) is 39.8 Å². The van der Waals surface area contributed by atoms with Gasteiger partial charge in [0.25, 0.3) is 0 Å². The summed E-state index contributed by atoms with van der Waals surface area (Å²) < 4.78 is 0. The first kappa shape index (κ1) is 12.7. The summed E-state index contributed by atoms with van der Waals surface area (Å²) >= 11 is 0. The van der Waals surface area contributed by atoms with Gasteiger partial charge in [-0.3, -0.25) is 0 Å². The third-order valence-corrected chi connectivity index (χ3v) is 4.29. The lowest BCUT2D eigenvalue weighted by atomic mass is 9.74. The van der Waals surface area contributed by atoms with E-state index >= 15 is 0 Å². The Hall–Kier alpha value is -0.770. The second kappa shape index (κ2) is 5.25. The topological polar surface area (TPSA) is 35.6 Å². The Morgan fingerprint density at radius 3 is 2.82 bits per heavy atom. The highest BCUT2D eigenvalue weighted by Gasteiger charge is 2.38. The Kier molecular flexibility index (Phi) is 3.92. The molecule has 0 radical (unpaired) electrons. The van der Waals surface area contributed by atoms with Crippen molar-refractivity contribution in [3.8, 4) is 0 Å². The molecule has 0 aromatic rings. The Bertz CT molecular complexity index is 268. The fourth-order valence-electron chi connectivity index (χ4n) is 3.13. The highest BCUT2D eigenvalue weighted by atomic mass is 16.2. The lowest BCUT2D eigenvalue weighted by Crippen LogP contribution is -2.54. The van der Waals surface area contributed by atoms with Crippen LogP contribution in [0.5, 0.6) is 0 Å².